The van der Waals surface area contributed by atoms with E-state index >= 15 is 0 Å². The highest BCUT2D eigenvalue weighted by atomic mass is 16.5. The third-order valence-corrected chi connectivity index (χ3v) is 5.13. The molecule has 4 N–H and O–H groups in total. The van der Waals surface area contributed by atoms with Crippen molar-refractivity contribution >= 4 is 29.3 Å². The van der Waals surface area contributed by atoms with Gasteiger partial charge < -0.3 is 26.0 Å². The summed E-state index contributed by atoms with van der Waals surface area (Å²) in [6.45, 7) is -0.466. The third-order valence-electron chi connectivity index (χ3n) is 5.13. The Balaban J connectivity index is 1.34. The van der Waals surface area contributed by atoms with Crippen LogP contribution in [0.15, 0.2) is 48.5 Å². The van der Waals surface area contributed by atoms with Crippen molar-refractivity contribution in [2.75, 3.05) is 18.5 Å². The standard InChI is InChI=1S/C22H22N4O5/c23-18(27)12-31-15-9-5-13(6-10-15)25-19(28)11-24-21(29)20-16-3-1-2-4-17(16)22(30)26(20)14-7-8-14/h1-6,9-10,14,20H,7-8,11-12H2,(H2,23,27)(H,24,29)(H,25,28). The molecular formula is C22H22N4O5. The first kappa shape index (κ1) is 20.4. The van der Waals surface area contributed by atoms with Gasteiger partial charge in [0, 0.05) is 17.3 Å². The number of rotatable bonds is 8. The fourth-order valence-electron chi connectivity index (χ4n) is 3.59. The molecular weight excluding hydrogens is 400 g/mol. The molecule has 9 nitrogen and oxygen atoms in total. The third kappa shape index (κ3) is 4.50. The molecule has 0 bridgehead atoms. The molecule has 0 spiro atoms. The van der Waals surface area contributed by atoms with Crippen LogP contribution >= 0.6 is 0 Å². The first-order valence-corrected chi connectivity index (χ1v) is 9.94. The summed E-state index contributed by atoms with van der Waals surface area (Å²) in [7, 11) is 0. The van der Waals surface area contributed by atoms with Crippen LogP contribution < -0.4 is 21.1 Å². The van der Waals surface area contributed by atoms with Gasteiger partial charge in [-0.2, -0.15) is 0 Å². The quantitative estimate of drug-likeness (QED) is 0.583. The second kappa shape index (κ2) is 8.47. The lowest BCUT2D eigenvalue weighted by Gasteiger charge is -2.24. The number of nitrogens with one attached hydrogen (secondary N) is 2. The number of anilines is 1. The predicted octanol–water partition coefficient (Wildman–Crippen LogP) is 0.965. The van der Waals surface area contributed by atoms with Crippen molar-refractivity contribution < 1.29 is 23.9 Å². The minimum absolute atomic E-state index is 0.0692. The summed E-state index contributed by atoms with van der Waals surface area (Å²) in [4.78, 5) is 50.2. The van der Waals surface area contributed by atoms with Crippen LogP contribution in [0, 0.1) is 0 Å². The van der Waals surface area contributed by atoms with Gasteiger partial charge in [0.05, 0.1) is 6.54 Å². The molecule has 160 valence electrons. The lowest BCUT2D eigenvalue weighted by Crippen LogP contribution is -2.42. The molecule has 2 aromatic rings. The lowest BCUT2D eigenvalue weighted by atomic mass is 10.0. The van der Waals surface area contributed by atoms with E-state index in [9.17, 15) is 19.2 Å². The maximum Gasteiger partial charge on any atom is 0.255 e. The van der Waals surface area contributed by atoms with Gasteiger partial charge in [-0.1, -0.05) is 18.2 Å². The van der Waals surface area contributed by atoms with Gasteiger partial charge in [0.15, 0.2) is 6.61 Å². The zero-order valence-electron chi connectivity index (χ0n) is 16.7. The molecule has 1 fully saturated rings. The lowest BCUT2D eigenvalue weighted by molar-refractivity contribution is -0.127. The molecule has 1 aliphatic heterocycles. The highest BCUT2D eigenvalue weighted by Gasteiger charge is 2.47. The molecule has 4 rings (SSSR count). The number of nitrogens with zero attached hydrogens (tertiary/aromatic N) is 1. The van der Waals surface area contributed by atoms with Gasteiger partial charge >= 0.3 is 0 Å². The average molecular weight is 422 g/mol. The van der Waals surface area contributed by atoms with E-state index in [1.165, 1.54) is 0 Å². The van der Waals surface area contributed by atoms with Gasteiger partial charge in [-0.3, -0.25) is 19.2 Å². The Kier molecular flexibility index (Phi) is 5.57. The van der Waals surface area contributed by atoms with Crippen LogP contribution in [-0.2, 0) is 14.4 Å². The molecule has 2 aliphatic rings. The predicted molar refractivity (Wildman–Crippen MR) is 111 cm³/mol. The molecule has 0 saturated heterocycles. The zero-order valence-corrected chi connectivity index (χ0v) is 16.7. The zero-order chi connectivity index (χ0) is 22.0. The molecule has 0 aromatic heterocycles. The summed E-state index contributed by atoms with van der Waals surface area (Å²) in [6.07, 6.45) is 1.76. The van der Waals surface area contributed by atoms with Crippen molar-refractivity contribution in [2.24, 2.45) is 5.73 Å². The Hall–Kier alpha value is -3.88. The largest absolute Gasteiger partial charge is 0.484 e. The van der Waals surface area contributed by atoms with E-state index in [4.69, 9.17) is 10.5 Å². The smallest absolute Gasteiger partial charge is 0.255 e. The van der Waals surface area contributed by atoms with E-state index in [1.54, 1.807) is 53.4 Å². The number of fused-ring (bicyclic) bond motifs is 1. The number of benzene rings is 2. The summed E-state index contributed by atoms with van der Waals surface area (Å²) in [6, 6.07) is 12.8. The molecule has 31 heavy (non-hydrogen) atoms. The number of hydrogen-bond donors (Lipinski definition) is 3. The molecule has 9 heteroatoms. The van der Waals surface area contributed by atoms with E-state index in [0.29, 0.717) is 22.6 Å². The van der Waals surface area contributed by atoms with E-state index < -0.39 is 17.9 Å². The molecule has 1 aliphatic carbocycles. The number of carbonyl (C=O) groups is 4. The van der Waals surface area contributed by atoms with E-state index in [-0.39, 0.29) is 31.0 Å². The van der Waals surface area contributed by atoms with Gasteiger partial charge in [0.2, 0.25) is 11.8 Å². The molecule has 1 atom stereocenters. The number of hydrogen-bond acceptors (Lipinski definition) is 5. The maximum atomic E-state index is 12.9. The van der Waals surface area contributed by atoms with Crippen LogP contribution in [0.4, 0.5) is 5.69 Å². The van der Waals surface area contributed by atoms with Gasteiger partial charge in [-0.15, -0.1) is 0 Å². The Labute approximate surface area is 178 Å². The van der Waals surface area contributed by atoms with Gasteiger partial charge in [-0.25, -0.2) is 0 Å². The summed E-state index contributed by atoms with van der Waals surface area (Å²) in [5.41, 5.74) is 6.74. The molecule has 4 amide bonds. The molecule has 2 aromatic carbocycles. The Morgan fingerprint density at radius 1 is 1.06 bits per heavy atom. The minimum atomic E-state index is -0.717. The topological polar surface area (TPSA) is 131 Å². The van der Waals surface area contributed by atoms with Crippen LogP contribution in [-0.4, -0.2) is 47.7 Å². The maximum absolute atomic E-state index is 12.9. The van der Waals surface area contributed by atoms with Crippen LogP contribution in [0.3, 0.4) is 0 Å². The van der Waals surface area contributed by atoms with E-state index in [2.05, 4.69) is 10.6 Å². The van der Waals surface area contributed by atoms with E-state index in [0.717, 1.165) is 12.8 Å². The van der Waals surface area contributed by atoms with Crippen molar-refractivity contribution in [1.82, 2.24) is 10.2 Å². The first-order valence-electron chi connectivity index (χ1n) is 9.94. The summed E-state index contributed by atoms with van der Waals surface area (Å²) < 4.78 is 5.16. The first-order chi connectivity index (χ1) is 14.9. The summed E-state index contributed by atoms with van der Waals surface area (Å²) >= 11 is 0. The SMILES string of the molecule is NC(=O)COc1ccc(NC(=O)CNC(=O)C2c3ccccc3C(=O)N2C2CC2)cc1. The van der Waals surface area contributed by atoms with Gasteiger partial charge in [0.1, 0.15) is 11.8 Å². The molecule has 1 saturated carbocycles. The van der Waals surface area contributed by atoms with Crippen molar-refractivity contribution in [2.45, 2.75) is 24.9 Å². The Morgan fingerprint density at radius 2 is 1.77 bits per heavy atom. The van der Waals surface area contributed by atoms with Crippen molar-refractivity contribution in [3.63, 3.8) is 0 Å². The number of ether oxygens (including phenoxy) is 1. The highest BCUT2D eigenvalue weighted by molar-refractivity contribution is 6.05. The molecule has 1 heterocycles. The fraction of sp³-hybridized carbons (Fsp3) is 0.273. The average Bonchev–Trinajstić information content (AvgIpc) is 3.55. The fourth-order valence-corrected chi connectivity index (χ4v) is 3.59. The van der Waals surface area contributed by atoms with Gasteiger partial charge in [0.25, 0.3) is 11.8 Å². The number of nitrogens with two attached hydrogens (primary N) is 1. The second-order valence-corrected chi connectivity index (χ2v) is 7.48. The summed E-state index contributed by atoms with van der Waals surface area (Å²) in [5, 5.41) is 5.31. The number of primary amides is 1. The monoisotopic (exact) mass is 422 g/mol. The van der Waals surface area contributed by atoms with Crippen LogP contribution in [0.1, 0.15) is 34.8 Å². The van der Waals surface area contributed by atoms with Crippen LogP contribution in [0.2, 0.25) is 0 Å². The van der Waals surface area contributed by atoms with Crippen molar-refractivity contribution in [3.05, 3.63) is 59.7 Å². The van der Waals surface area contributed by atoms with Gasteiger partial charge in [-0.05, 0) is 48.7 Å². The Morgan fingerprint density at radius 3 is 2.45 bits per heavy atom. The minimum Gasteiger partial charge on any atom is -0.484 e. The second-order valence-electron chi connectivity index (χ2n) is 7.48. The van der Waals surface area contributed by atoms with Crippen LogP contribution in [0.25, 0.3) is 0 Å². The normalized spacial score (nSPS) is 17.1. The van der Waals surface area contributed by atoms with E-state index in [1.807, 2.05) is 0 Å². The highest BCUT2D eigenvalue weighted by Crippen LogP contribution is 2.41. The van der Waals surface area contributed by atoms with Crippen LogP contribution in [0.5, 0.6) is 5.75 Å². The van der Waals surface area contributed by atoms with Crippen molar-refractivity contribution in [3.8, 4) is 5.75 Å². The number of amides is 4. The Bertz CT molecular complexity index is 1030. The summed E-state index contributed by atoms with van der Waals surface area (Å²) in [5.74, 6) is -1.07. The molecule has 1 unspecified atom stereocenters. The molecule has 0 radical (unpaired) electrons. The number of carbonyl (C=O) groups excluding carboxylic acids is 4. The van der Waals surface area contributed by atoms with Crippen molar-refractivity contribution in [1.29, 1.82) is 0 Å².